The summed E-state index contributed by atoms with van der Waals surface area (Å²) in [4.78, 5) is 21.6. The van der Waals surface area contributed by atoms with Crippen LogP contribution in [-0.4, -0.2) is 50.3 Å². The van der Waals surface area contributed by atoms with Gasteiger partial charge in [-0.05, 0) is 20.3 Å². The molecule has 0 amide bonds. The third-order valence-electron chi connectivity index (χ3n) is 2.42. The normalized spacial score (nSPS) is 17.0. The van der Waals surface area contributed by atoms with E-state index in [-0.39, 0.29) is 0 Å². The molecule has 0 saturated heterocycles. The van der Waals surface area contributed by atoms with Crippen molar-refractivity contribution >= 4 is 7.82 Å². The Kier molecular flexibility index (Phi) is 9.93. The fourth-order valence-corrected chi connectivity index (χ4v) is 1.71. The van der Waals surface area contributed by atoms with Gasteiger partial charge in [-0.1, -0.05) is 0 Å². The maximum atomic E-state index is 12.3. The fourth-order valence-electron chi connectivity index (χ4n) is 1.71. The van der Waals surface area contributed by atoms with Crippen molar-refractivity contribution in [2.45, 2.75) is 57.0 Å². The molecule has 0 spiro atoms. The Labute approximate surface area is 128 Å². The second kappa shape index (κ2) is 9.19. The van der Waals surface area contributed by atoms with E-state index in [1.54, 1.807) is 0 Å². The number of aliphatic hydroxyl groups is 1. The number of alkyl halides is 6. The van der Waals surface area contributed by atoms with Gasteiger partial charge in [0.2, 0.25) is 0 Å². The van der Waals surface area contributed by atoms with E-state index in [2.05, 4.69) is 5.32 Å². The van der Waals surface area contributed by atoms with Gasteiger partial charge in [-0.25, -0.2) is 4.57 Å². The van der Waals surface area contributed by atoms with E-state index >= 15 is 0 Å². The molecule has 0 aromatic rings. The lowest BCUT2D eigenvalue weighted by Gasteiger charge is -2.34. The molecule has 0 heterocycles. The molecular formula is C10H20F6NO5P. The number of aliphatic hydroxyl groups excluding tert-OH is 1. The van der Waals surface area contributed by atoms with E-state index < -0.39 is 57.6 Å². The highest BCUT2D eigenvalue weighted by atomic mass is 31.2. The zero-order valence-corrected chi connectivity index (χ0v) is 13.2. The predicted octanol–water partition coefficient (Wildman–Crippen LogP) is 2.08. The van der Waals surface area contributed by atoms with Gasteiger partial charge in [-0.2, -0.15) is 26.3 Å². The smallest absolute Gasteiger partial charge is 0.395 e. The highest BCUT2D eigenvalue weighted by Gasteiger charge is 2.42. The maximum Gasteiger partial charge on any atom is 0.466 e. The molecule has 0 aromatic heterocycles. The molecule has 0 aliphatic carbocycles. The molecule has 0 aliphatic heterocycles. The molecule has 0 rings (SSSR count). The van der Waals surface area contributed by atoms with Crippen LogP contribution in [0.2, 0.25) is 0 Å². The van der Waals surface area contributed by atoms with Gasteiger partial charge < -0.3 is 25.1 Å². The highest BCUT2D eigenvalue weighted by molar-refractivity contribution is 7.45. The highest BCUT2D eigenvalue weighted by Crippen LogP contribution is 2.34. The van der Waals surface area contributed by atoms with Crippen molar-refractivity contribution in [1.29, 1.82) is 0 Å². The lowest BCUT2D eigenvalue weighted by atomic mass is 9.90. The quantitative estimate of drug-likeness (QED) is 0.357. The molecule has 2 unspecified atom stereocenters. The lowest BCUT2D eigenvalue weighted by Crippen LogP contribution is -2.51. The van der Waals surface area contributed by atoms with Crippen molar-refractivity contribution in [1.82, 2.24) is 5.32 Å². The molecule has 0 fully saturated rings. The molecule has 13 heteroatoms. The van der Waals surface area contributed by atoms with Gasteiger partial charge in [-0.15, -0.1) is 0 Å². The summed E-state index contributed by atoms with van der Waals surface area (Å²) in [5, 5.41) is 11.2. The van der Waals surface area contributed by atoms with Crippen LogP contribution in [0.1, 0.15) is 33.1 Å². The summed E-state index contributed by atoms with van der Waals surface area (Å²) in [5.41, 5.74) is -1.74. The Morgan fingerprint density at radius 2 is 1.39 bits per heavy atom. The van der Waals surface area contributed by atoms with E-state index in [0.29, 0.717) is 0 Å². The number of hydrogen-bond acceptors (Lipinski definition) is 3. The van der Waals surface area contributed by atoms with Crippen LogP contribution in [0.25, 0.3) is 0 Å². The topological polar surface area (TPSA) is 110 Å². The maximum absolute atomic E-state index is 12.3. The van der Waals surface area contributed by atoms with Crippen LogP contribution in [-0.2, 0) is 4.57 Å². The van der Waals surface area contributed by atoms with Crippen LogP contribution < -0.4 is 5.32 Å². The molecule has 0 aliphatic rings. The number of rotatable bonds is 6. The molecule has 23 heavy (non-hydrogen) atoms. The largest absolute Gasteiger partial charge is 0.466 e. The summed E-state index contributed by atoms with van der Waals surface area (Å²) in [6.07, 6.45) is -12.4. The average molecular weight is 379 g/mol. The second-order valence-electron chi connectivity index (χ2n) is 5.21. The third kappa shape index (κ3) is 21.6. The Morgan fingerprint density at radius 3 is 1.65 bits per heavy atom. The number of phosphoric acid groups is 1. The van der Waals surface area contributed by atoms with Crippen molar-refractivity contribution in [3.8, 4) is 0 Å². The number of nitrogens with one attached hydrogen (secondary N) is 1. The van der Waals surface area contributed by atoms with Crippen molar-refractivity contribution < 1.29 is 50.7 Å². The van der Waals surface area contributed by atoms with Gasteiger partial charge in [0.25, 0.3) is 0 Å². The molecule has 142 valence electrons. The summed E-state index contributed by atoms with van der Waals surface area (Å²) in [6, 6.07) is -0.703. The van der Waals surface area contributed by atoms with Crippen molar-refractivity contribution in [2.24, 2.45) is 0 Å². The standard InChI is InChI=1S/C10H17F6NO.H3O4P/c1-7(5-18)17-8(2,6-10(14,15)16)3-4-9(11,12)13;1-5(2,3)4/h7,17-18H,3-6H2,1-2H3;(H3,1,2,3,4). The fraction of sp³-hybridized carbons (Fsp3) is 1.00. The van der Waals surface area contributed by atoms with E-state index in [1.807, 2.05) is 0 Å². The van der Waals surface area contributed by atoms with Crippen LogP contribution in [0.4, 0.5) is 26.3 Å². The van der Waals surface area contributed by atoms with Crippen LogP contribution in [0.5, 0.6) is 0 Å². The van der Waals surface area contributed by atoms with Crippen molar-refractivity contribution in [2.75, 3.05) is 6.61 Å². The monoisotopic (exact) mass is 379 g/mol. The summed E-state index contributed by atoms with van der Waals surface area (Å²) < 4.78 is 82.1. The molecular weight excluding hydrogens is 359 g/mol. The first-order valence-corrected chi connectivity index (χ1v) is 7.74. The van der Waals surface area contributed by atoms with Gasteiger partial charge in [0.15, 0.2) is 0 Å². The minimum atomic E-state index is -4.64. The van der Waals surface area contributed by atoms with Gasteiger partial charge in [0, 0.05) is 18.0 Å². The molecule has 0 aromatic carbocycles. The number of halogens is 6. The average Bonchev–Trinajstić information content (AvgIpc) is 2.20. The Morgan fingerprint density at radius 1 is 1.00 bits per heavy atom. The van der Waals surface area contributed by atoms with E-state index in [1.165, 1.54) is 6.92 Å². The first-order valence-electron chi connectivity index (χ1n) is 6.17. The number of hydrogen-bond donors (Lipinski definition) is 5. The molecule has 0 bridgehead atoms. The Bertz CT molecular complexity index is 377. The van der Waals surface area contributed by atoms with Crippen molar-refractivity contribution in [3.63, 3.8) is 0 Å². The minimum Gasteiger partial charge on any atom is -0.395 e. The Balaban J connectivity index is 0. The minimum absolute atomic E-state index is 0.445. The summed E-state index contributed by atoms with van der Waals surface area (Å²) in [5.74, 6) is 0. The summed E-state index contributed by atoms with van der Waals surface area (Å²) in [6.45, 7) is 2.04. The SMILES string of the molecule is CC(CO)NC(C)(CCC(F)(F)F)CC(F)(F)F.O=P(O)(O)O. The second-order valence-corrected chi connectivity index (χ2v) is 6.24. The van der Waals surface area contributed by atoms with E-state index in [0.717, 1.165) is 6.92 Å². The molecule has 6 nitrogen and oxygen atoms in total. The molecule has 0 radical (unpaired) electrons. The summed E-state index contributed by atoms with van der Waals surface area (Å²) in [7, 11) is -4.64. The van der Waals surface area contributed by atoms with Gasteiger partial charge in [0.1, 0.15) is 0 Å². The van der Waals surface area contributed by atoms with Gasteiger partial charge in [-0.3, -0.25) is 0 Å². The Hall–Kier alpha value is -0.390. The van der Waals surface area contributed by atoms with E-state index in [9.17, 15) is 26.3 Å². The first kappa shape index (κ1) is 24.9. The van der Waals surface area contributed by atoms with Crippen LogP contribution >= 0.6 is 7.82 Å². The summed E-state index contributed by atoms with van der Waals surface area (Å²) >= 11 is 0. The van der Waals surface area contributed by atoms with Crippen molar-refractivity contribution in [3.05, 3.63) is 0 Å². The van der Waals surface area contributed by atoms with Gasteiger partial charge in [0.05, 0.1) is 13.0 Å². The zero-order chi connectivity index (χ0) is 19.1. The lowest BCUT2D eigenvalue weighted by molar-refractivity contribution is -0.162. The van der Waals surface area contributed by atoms with E-state index in [4.69, 9.17) is 24.4 Å². The predicted molar refractivity (Wildman–Crippen MR) is 68.3 cm³/mol. The van der Waals surface area contributed by atoms with Crippen LogP contribution in [0.15, 0.2) is 0 Å². The first-order chi connectivity index (χ1) is 9.87. The van der Waals surface area contributed by atoms with Crippen LogP contribution in [0.3, 0.4) is 0 Å². The molecule has 0 saturated carbocycles. The third-order valence-corrected chi connectivity index (χ3v) is 2.42. The molecule has 5 N–H and O–H groups in total. The van der Waals surface area contributed by atoms with Crippen LogP contribution in [0, 0.1) is 0 Å². The molecule has 2 atom stereocenters. The van der Waals surface area contributed by atoms with Gasteiger partial charge >= 0.3 is 20.2 Å². The zero-order valence-electron chi connectivity index (χ0n) is 12.3.